The molecular weight excluding hydrogens is 202 g/mol. The van der Waals surface area contributed by atoms with Gasteiger partial charge in [-0.1, -0.05) is 0 Å². The van der Waals surface area contributed by atoms with Crippen molar-refractivity contribution in [3.8, 4) is 0 Å². The van der Waals surface area contributed by atoms with Crippen molar-refractivity contribution in [1.82, 2.24) is 9.97 Å². The van der Waals surface area contributed by atoms with Gasteiger partial charge >= 0.3 is 0 Å². The number of hydrogen-bond acceptors (Lipinski definition) is 3. The fourth-order valence-corrected chi connectivity index (χ4v) is 1.33. The monoisotopic (exact) mass is 211 g/mol. The number of carbonyl (C=O) groups is 1. The van der Waals surface area contributed by atoms with E-state index in [9.17, 15) is 4.79 Å². The van der Waals surface area contributed by atoms with Gasteiger partial charge < -0.3 is 5.32 Å². The zero-order valence-corrected chi connectivity index (χ0v) is 8.29. The molecule has 0 bridgehead atoms. The number of anilines is 1. The Morgan fingerprint density at radius 2 is 2.43 bits per heavy atom. The Kier molecular flexibility index (Phi) is 2.63. The molecule has 0 radical (unpaired) electrons. The van der Waals surface area contributed by atoms with Crippen LogP contribution >= 0.6 is 11.6 Å². The summed E-state index contributed by atoms with van der Waals surface area (Å²) >= 11 is 5.57. The summed E-state index contributed by atoms with van der Waals surface area (Å²) in [5.74, 6) is 1.05. The van der Waals surface area contributed by atoms with E-state index in [1.54, 1.807) is 6.07 Å². The minimum absolute atomic E-state index is 0.00210. The highest BCUT2D eigenvalue weighted by Gasteiger charge is 2.24. The smallest absolute Gasteiger partial charge is 0.225 e. The Bertz CT molecular complexity index is 352. The fraction of sp³-hybridized carbons (Fsp3) is 0.444. The van der Waals surface area contributed by atoms with Crippen molar-refractivity contribution >= 4 is 23.3 Å². The maximum absolute atomic E-state index is 11.4. The highest BCUT2D eigenvalue weighted by atomic mass is 35.5. The Morgan fingerprint density at radius 3 is 3.07 bits per heavy atom. The zero-order valence-electron chi connectivity index (χ0n) is 7.53. The first-order valence-electron chi connectivity index (χ1n) is 4.52. The van der Waals surface area contributed by atoms with Crippen LogP contribution in [-0.4, -0.2) is 15.9 Å². The van der Waals surface area contributed by atoms with Crippen LogP contribution in [0, 0.1) is 5.92 Å². The highest BCUT2D eigenvalue weighted by molar-refractivity contribution is 6.28. The maximum atomic E-state index is 11.4. The van der Waals surface area contributed by atoms with Gasteiger partial charge in [0, 0.05) is 12.6 Å². The lowest BCUT2D eigenvalue weighted by Gasteiger charge is -2.02. The highest BCUT2D eigenvalue weighted by Crippen LogP contribution is 2.32. The van der Waals surface area contributed by atoms with Gasteiger partial charge in [0.25, 0.3) is 0 Å². The van der Waals surface area contributed by atoms with E-state index in [1.807, 2.05) is 0 Å². The summed E-state index contributed by atoms with van der Waals surface area (Å²) in [4.78, 5) is 18.9. The first-order chi connectivity index (χ1) is 6.74. The minimum Gasteiger partial charge on any atom is -0.311 e. The van der Waals surface area contributed by atoms with Gasteiger partial charge in [-0.25, -0.2) is 9.97 Å². The molecule has 1 aliphatic rings. The Morgan fingerprint density at radius 1 is 1.64 bits per heavy atom. The van der Waals surface area contributed by atoms with Gasteiger partial charge in [0.1, 0.15) is 5.82 Å². The van der Waals surface area contributed by atoms with E-state index < -0.39 is 0 Å². The van der Waals surface area contributed by atoms with Crippen LogP contribution in [0.1, 0.15) is 19.3 Å². The van der Waals surface area contributed by atoms with E-state index in [1.165, 1.54) is 6.20 Å². The largest absolute Gasteiger partial charge is 0.311 e. The minimum atomic E-state index is 0.00210. The van der Waals surface area contributed by atoms with Gasteiger partial charge in [-0.05, 0) is 36.4 Å². The SMILES string of the molecule is O=C(CC1CC1)Nc1ccnc(Cl)n1. The van der Waals surface area contributed by atoms with Crippen molar-refractivity contribution < 1.29 is 4.79 Å². The third-order valence-electron chi connectivity index (χ3n) is 2.06. The van der Waals surface area contributed by atoms with Gasteiger partial charge in [0.05, 0.1) is 0 Å². The number of carbonyl (C=O) groups excluding carboxylic acids is 1. The molecule has 2 rings (SSSR count). The molecule has 0 atom stereocenters. The van der Waals surface area contributed by atoms with Crippen molar-refractivity contribution in [2.45, 2.75) is 19.3 Å². The molecule has 4 nitrogen and oxygen atoms in total. The topological polar surface area (TPSA) is 54.9 Å². The van der Waals surface area contributed by atoms with Gasteiger partial charge in [-0.3, -0.25) is 4.79 Å². The number of halogens is 1. The van der Waals surface area contributed by atoms with Crippen LogP contribution in [0.5, 0.6) is 0 Å². The lowest BCUT2D eigenvalue weighted by Crippen LogP contribution is -2.13. The second kappa shape index (κ2) is 3.92. The number of nitrogens with zero attached hydrogens (tertiary/aromatic N) is 2. The summed E-state index contributed by atoms with van der Waals surface area (Å²) in [6.07, 6.45) is 4.43. The molecule has 74 valence electrons. The maximum Gasteiger partial charge on any atom is 0.225 e. The Balaban J connectivity index is 1.92. The molecule has 1 aromatic heterocycles. The van der Waals surface area contributed by atoms with Gasteiger partial charge in [-0.2, -0.15) is 0 Å². The van der Waals surface area contributed by atoms with Gasteiger partial charge in [0.2, 0.25) is 11.2 Å². The molecule has 1 fully saturated rings. The third-order valence-corrected chi connectivity index (χ3v) is 2.25. The van der Waals surface area contributed by atoms with Crippen LogP contribution in [0.25, 0.3) is 0 Å². The summed E-state index contributed by atoms with van der Waals surface area (Å²) in [5.41, 5.74) is 0. The molecule has 0 unspecified atom stereocenters. The van der Waals surface area contributed by atoms with Crippen molar-refractivity contribution in [1.29, 1.82) is 0 Å². The Hall–Kier alpha value is -1.16. The van der Waals surface area contributed by atoms with E-state index in [0.717, 1.165) is 12.8 Å². The zero-order chi connectivity index (χ0) is 9.97. The molecule has 1 heterocycles. The third kappa shape index (κ3) is 2.67. The molecule has 1 N–H and O–H groups in total. The molecule has 14 heavy (non-hydrogen) atoms. The molecule has 1 aliphatic carbocycles. The van der Waals surface area contributed by atoms with Crippen molar-refractivity contribution in [2.24, 2.45) is 5.92 Å². The van der Waals surface area contributed by atoms with Crippen LogP contribution in [0.15, 0.2) is 12.3 Å². The first-order valence-corrected chi connectivity index (χ1v) is 4.90. The molecule has 0 saturated heterocycles. The number of aromatic nitrogens is 2. The fourth-order valence-electron chi connectivity index (χ4n) is 1.18. The number of rotatable bonds is 3. The summed E-state index contributed by atoms with van der Waals surface area (Å²) in [6.45, 7) is 0. The standard InChI is InChI=1S/C9H10ClN3O/c10-9-11-4-3-7(13-9)12-8(14)5-6-1-2-6/h3-4,6H,1-2,5H2,(H,11,12,13,14). The van der Waals surface area contributed by atoms with Crippen molar-refractivity contribution in [3.63, 3.8) is 0 Å². The van der Waals surface area contributed by atoms with Crippen molar-refractivity contribution in [3.05, 3.63) is 17.5 Å². The quantitative estimate of drug-likeness (QED) is 0.777. The molecule has 1 saturated carbocycles. The van der Waals surface area contributed by atoms with E-state index in [4.69, 9.17) is 11.6 Å². The van der Waals surface area contributed by atoms with Crippen LogP contribution in [0.2, 0.25) is 5.28 Å². The molecule has 5 heteroatoms. The van der Waals surface area contributed by atoms with Gasteiger partial charge in [-0.15, -0.1) is 0 Å². The predicted octanol–water partition coefficient (Wildman–Crippen LogP) is 1.87. The van der Waals surface area contributed by atoms with E-state index in [0.29, 0.717) is 18.2 Å². The van der Waals surface area contributed by atoms with E-state index in [2.05, 4.69) is 15.3 Å². The molecule has 1 amide bonds. The molecule has 0 aliphatic heterocycles. The molecule has 1 aromatic rings. The van der Waals surface area contributed by atoms with Crippen LogP contribution in [-0.2, 0) is 4.79 Å². The average molecular weight is 212 g/mol. The average Bonchev–Trinajstić information content (AvgIpc) is 2.87. The van der Waals surface area contributed by atoms with E-state index >= 15 is 0 Å². The second-order valence-electron chi connectivity index (χ2n) is 3.41. The number of amides is 1. The summed E-state index contributed by atoms with van der Waals surface area (Å²) in [5, 5.41) is 2.83. The van der Waals surface area contributed by atoms with Gasteiger partial charge in [0.15, 0.2) is 0 Å². The summed E-state index contributed by atoms with van der Waals surface area (Å²) in [7, 11) is 0. The normalized spacial score (nSPS) is 15.2. The van der Waals surface area contributed by atoms with Crippen molar-refractivity contribution in [2.75, 3.05) is 5.32 Å². The van der Waals surface area contributed by atoms with Crippen LogP contribution in [0.3, 0.4) is 0 Å². The lowest BCUT2D eigenvalue weighted by molar-refractivity contribution is -0.116. The Labute approximate surface area is 86.7 Å². The molecule has 0 spiro atoms. The van der Waals surface area contributed by atoms with E-state index in [-0.39, 0.29) is 11.2 Å². The first kappa shape index (κ1) is 9.40. The second-order valence-corrected chi connectivity index (χ2v) is 3.74. The number of nitrogens with one attached hydrogen (secondary N) is 1. The molecular formula is C9H10ClN3O. The summed E-state index contributed by atoms with van der Waals surface area (Å²) < 4.78 is 0. The summed E-state index contributed by atoms with van der Waals surface area (Å²) in [6, 6.07) is 1.62. The predicted molar refractivity (Wildman–Crippen MR) is 53.0 cm³/mol. The molecule has 0 aromatic carbocycles. The van der Waals surface area contributed by atoms with Crippen LogP contribution < -0.4 is 5.32 Å². The van der Waals surface area contributed by atoms with Crippen LogP contribution in [0.4, 0.5) is 5.82 Å². The lowest BCUT2D eigenvalue weighted by atomic mass is 10.3. The number of hydrogen-bond donors (Lipinski definition) is 1.